The Bertz CT molecular complexity index is 1410. The van der Waals surface area contributed by atoms with Crippen LogP contribution in [-0.4, -0.2) is 55.4 Å². The van der Waals surface area contributed by atoms with Crippen LogP contribution >= 0.6 is 0 Å². The summed E-state index contributed by atoms with van der Waals surface area (Å²) in [6.45, 7) is 4.26. The Hall–Kier alpha value is -2.94. The van der Waals surface area contributed by atoms with Crippen LogP contribution in [0.1, 0.15) is 18.3 Å². The lowest BCUT2D eigenvalue weighted by Crippen LogP contribution is -2.22. The largest absolute Gasteiger partial charge is 0.497 e. The molecule has 0 radical (unpaired) electrons. The number of methoxy groups -OCH3 is 1. The SMILES string of the molecule is CCn1c(CN(C)Cc2ccc3cc(OC)ccc3c2)nc2cc(S(=O)(=O)N(C)C)ccc21. The van der Waals surface area contributed by atoms with Gasteiger partial charge in [-0.25, -0.2) is 17.7 Å². The molecular weight excluding hydrogens is 436 g/mol. The molecule has 4 aromatic rings. The van der Waals surface area contributed by atoms with E-state index in [-0.39, 0.29) is 4.90 Å². The molecule has 174 valence electrons. The summed E-state index contributed by atoms with van der Waals surface area (Å²) in [4.78, 5) is 7.27. The summed E-state index contributed by atoms with van der Waals surface area (Å²) in [5.74, 6) is 1.77. The van der Waals surface area contributed by atoms with E-state index in [9.17, 15) is 8.42 Å². The first-order valence-electron chi connectivity index (χ1n) is 10.9. The van der Waals surface area contributed by atoms with Gasteiger partial charge in [-0.05, 0) is 66.7 Å². The van der Waals surface area contributed by atoms with Crippen LogP contribution < -0.4 is 4.74 Å². The van der Waals surface area contributed by atoms with Crippen molar-refractivity contribution in [3.8, 4) is 5.75 Å². The minimum Gasteiger partial charge on any atom is -0.497 e. The van der Waals surface area contributed by atoms with Crippen molar-refractivity contribution in [3.63, 3.8) is 0 Å². The van der Waals surface area contributed by atoms with E-state index in [1.807, 2.05) is 18.2 Å². The van der Waals surface area contributed by atoms with Crippen molar-refractivity contribution < 1.29 is 13.2 Å². The van der Waals surface area contributed by atoms with Crippen LogP contribution in [0.4, 0.5) is 0 Å². The average molecular weight is 467 g/mol. The maximum atomic E-state index is 12.5. The molecule has 0 saturated carbocycles. The van der Waals surface area contributed by atoms with Gasteiger partial charge in [0.2, 0.25) is 10.0 Å². The molecule has 0 aliphatic carbocycles. The number of aromatic nitrogens is 2. The van der Waals surface area contributed by atoms with E-state index in [1.54, 1.807) is 19.2 Å². The average Bonchev–Trinajstić information content (AvgIpc) is 3.14. The first-order chi connectivity index (χ1) is 15.7. The van der Waals surface area contributed by atoms with Crippen molar-refractivity contribution in [1.82, 2.24) is 18.8 Å². The topological polar surface area (TPSA) is 67.7 Å². The lowest BCUT2D eigenvalue weighted by atomic mass is 10.1. The van der Waals surface area contributed by atoms with Gasteiger partial charge in [0.1, 0.15) is 11.6 Å². The fourth-order valence-electron chi connectivity index (χ4n) is 4.11. The number of fused-ring (bicyclic) bond motifs is 2. The molecule has 33 heavy (non-hydrogen) atoms. The van der Waals surface area contributed by atoms with Crippen molar-refractivity contribution in [2.24, 2.45) is 0 Å². The third-order valence-corrected chi connectivity index (χ3v) is 7.68. The van der Waals surface area contributed by atoms with Crippen LogP contribution in [0.3, 0.4) is 0 Å². The summed E-state index contributed by atoms with van der Waals surface area (Å²) in [5.41, 5.74) is 2.86. The predicted octanol–water partition coefficient (Wildman–Crippen LogP) is 4.10. The second-order valence-electron chi connectivity index (χ2n) is 8.43. The van der Waals surface area contributed by atoms with Gasteiger partial charge in [0.05, 0.1) is 29.6 Å². The summed E-state index contributed by atoms with van der Waals surface area (Å²) in [5, 5.41) is 2.33. The van der Waals surface area contributed by atoms with Gasteiger partial charge in [-0.3, -0.25) is 4.90 Å². The number of aryl methyl sites for hydroxylation is 1. The monoisotopic (exact) mass is 466 g/mol. The first kappa shape index (κ1) is 23.2. The maximum absolute atomic E-state index is 12.5. The Balaban J connectivity index is 1.58. The second kappa shape index (κ2) is 9.13. The van der Waals surface area contributed by atoms with E-state index in [4.69, 9.17) is 9.72 Å². The van der Waals surface area contributed by atoms with Crippen molar-refractivity contribution in [1.29, 1.82) is 0 Å². The molecule has 0 saturated heterocycles. The zero-order chi connectivity index (χ0) is 23.8. The van der Waals surface area contributed by atoms with Gasteiger partial charge in [0, 0.05) is 27.2 Å². The highest BCUT2D eigenvalue weighted by Gasteiger charge is 2.20. The molecule has 0 aliphatic rings. The van der Waals surface area contributed by atoms with Crippen LogP contribution in [0.2, 0.25) is 0 Å². The molecule has 8 heteroatoms. The molecule has 0 aliphatic heterocycles. The fraction of sp³-hybridized carbons (Fsp3) is 0.320. The smallest absolute Gasteiger partial charge is 0.242 e. The van der Waals surface area contributed by atoms with Crippen molar-refractivity contribution in [3.05, 3.63) is 66.0 Å². The summed E-state index contributed by atoms with van der Waals surface area (Å²) < 4.78 is 33.7. The van der Waals surface area contributed by atoms with E-state index in [0.717, 1.165) is 35.6 Å². The lowest BCUT2D eigenvalue weighted by Gasteiger charge is -2.17. The Morgan fingerprint density at radius 3 is 2.36 bits per heavy atom. The van der Waals surface area contributed by atoms with Crippen LogP contribution in [-0.2, 0) is 29.7 Å². The quantitative estimate of drug-likeness (QED) is 0.391. The van der Waals surface area contributed by atoms with Crippen LogP contribution in [0.15, 0.2) is 59.5 Å². The standard InChI is InChI=1S/C25H30N4O3S/c1-6-29-24-12-11-22(33(30,31)27(2)3)15-23(24)26-25(29)17-28(4)16-18-7-8-20-14-21(32-5)10-9-19(20)13-18/h7-15H,6,16-17H2,1-5H3. The predicted molar refractivity (Wildman–Crippen MR) is 132 cm³/mol. The molecule has 0 N–H and O–H groups in total. The molecule has 0 unspecified atom stereocenters. The molecule has 0 atom stereocenters. The number of ether oxygens (including phenoxy) is 1. The number of rotatable bonds is 8. The molecular formula is C25H30N4O3S. The van der Waals surface area contributed by atoms with Gasteiger partial charge >= 0.3 is 0 Å². The molecule has 1 heterocycles. The molecule has 0 amide bonds. The van der Waals surface area contributed by atoms with Crippen LogP contribution in [0.25, 0.3) is 21.8 Å². The number of hydrogen-bond acceptors (Lipinski definition) is 5. The van der Waals surface area contributed by atoms with Gasteiger partial charge < -0.3 is 9.30 Å². The zero-order valence-corrected chi connectivity index (χ0v) is 20.6. The number of hydrogen-bond donors (Lipinski definition) is 0. The highest BCUT2D eigenvalue weighted by molar-refractivity contribution is 7.89. The summed E-state index contributed by atoms with van der Waals surface area (Å²) in [6, 6.07) is 17.7. The van der Waals surface area contributed by atoms with Crippen molar-refractivity contribution in [2.45, 2.75) is 31.5 Å². The highest BCUT2D eigenvalue weighted by atomic mass is 32.2. The van der Waals surface area contributed by atoms with Gasteiger partial charge in [0.25, 0.3) is 0 Å². The molecule has 0 bridgehead atoms. The van der Waals surface area contributed by atoms with Gasteiger partial charge in [-0.15, -0.1) is 0 Å². The third-order valence-electron chi connectivity index (χ3n) is 5.87. The number of sulfonamides is 1. The number of nitrogens with zero attached hydrogens (tertiary/aromatic N) is 4. The Morgan fingerprint density at radius 1 is 0.939 bits per heavy atom. The molecule has 7 nitrogen and oxygen atoms in total. The van der Waals surface area contributed by atoms with Gasteiger partial charge in [-0.2, -0.15) is 0 Å². The molecule has 0 fully saturated rings. The van der Waals surface area contributed by atoms with Gasteiger partial charge in [0.15, 0.2) is 0 Å². The summed E-state index contributed by atoms with van der Waals surface area (Å²) in [6.07, 6.45) is 0. The van der Waals surface area contributed by atoms with E-state index in [0.29, 0.717) is 12.1 Å². The Morgan fingerprint density at radius 2 is 1.67 bits per heavy atom. The fourth-order valence-corrected chi connectivity index (χ4v) is 5.03. The Kier molecular flexibility index (Phi) is 6.43. The first-order valence-corrected chi connectivity index (χ1v) is 12.3. The molecule has 0 spiro atoms. The van der Waals surface area contributed by atoms with Crippen molar-refractivity contribution in [2.75, 3.05) is 28.3 Å². The lowest BCUT2D eigenvalue weighted by molar-refractivity contribution is 0.306. The molecule has 3 aromatic carbocycles. The van der Waals surface area contributed by atoms with E-state index < -0.39 is 10.0 Å². The summed E-state index contributed by atoms with van der Waals surface area (Å²) in [7, 11) is 3.32. The zero-order valence-electron chi connectivity index (χ0n) is 19.7. The number of imidazole rings is 1. The van der Waals surface area contributed by atoms with E-state index in [2.05, 4.69) is 47.7 Å². The van der Waals surface area contributed by atoms with E-state index in [1.165, 1.54) is 29.4 Å². The third kappa shape index (κ3) is 4.59. The van der Waals surface area contributed by atoms with E-state index >= 15 is 0 Å². The highest BCUT2D eigenvalue weighted by Crippen LogP contribution is 2.24. The Labute approximate surface area is 195 Å². The minimum atomic E-state index is -3.50. The van der Waals surface area contributed by atoms with Crippen LogP contribution in [0.5, 0.6) is 5.75 Å². The maximum Gasteiger partial charge on any atom is 0.242 e. The normalized spacial score (nSPS) is 12.3. The number of benzene rings is 3. The van der Waals surface area contributed by atoms with Gasteiger partial charge in [-0.1, -0.05) is 18.2 Å². The minimum absolute atomic E-state index is 0.258. The molecule has 4 rings (SSSR count). The molecule has 1 aromatic heterocycles. The van der Waals surface area contributed by atoms with Crippen molar-refractivity contribution >= 4 is 31.8 Å². The summed E-state index contributed by atoms with van der Waals surface area (Å²) >= 11 is 0. The van der Waals surface area contributed by atoms with Crippen LogP contribution in [0, 0.1) is 0 Å². The second-order valence-corrected chi connectivity index (χ2v) is 10.6.